The van der Waals surface area contributed by atoms with Gasteiger partial charge < -0.3 is 10.1 Å². The van der Waals surface area contributed by atoms with E-state index in [0.717, 1.165) is 0 Å². The van der Waals surface area contributed by atoms with Crippen LogP contribution < -0.4 is 5.32 Å². The lowest BCUT2D eigenvalue weighted by Gasteiger charge is -2.19. The third kappa shape index (κ3) is 3.00. The molecule has 1 aromatic rings. The predicted molar refractivity (Wildman–Crippen MR) is 80.4 cm³/mol. The molecule has 1 fully saturated rings. The van der Waals surface area contributed by atoms with E-state index in [1.165, 1.54) is 12.1 Å². The zero-order chi connectivity index (χ0) is 15.0. The van der Waals surface area contributed by atoms with Gasteiger partial charge in [-0.25, -0.2) is 4.39 Å². The number of amides is 1. The van der Waals surface area contributed by atoms with Crippen LogP contribution in [-0.2, 0) is 9.53 Å². The van der Waals surface area contributed by atoms with Gasteiger partial charge >= 0.3 is 0 Å². The Labute approximate surface area is 131 Å². The fourth-order valence-corrected chi connectivity index (χ4v) is 3.49. The zero-order valence-corrected chi connectivity index (χ0v) is 13.8. The molecule has 1 aromatic carbocycles. The summed E-state index contributed by atoms with van der Waals surface area (Å²) < 4.78 is 19.3. The van der Waals surface area contributed by atoms with E-state index in [9.17, 15) is 9.18 Å². The fourth-order valence-electron chi connectivity index (χ4n) is 2.59. The monoisotopic (exact) mass is 363 g/mol. The average molecular weight is 365 g/mol. The van der Waals surface area contributed by atoms with E-state index in [1.807, 2.05) is 20.8 Å². The molecule has 1 N–H and O–H groups in total. The second-order valence-corrected chi connectivity index (χ2v) is 6.43. The Morgan fingerprint density at radius 3 is 2.50 bits per heavy atom. The number of hydrogen-bond donors (Lipinski definition) is 1. The minimum Gasteiger partial charge on any atom is -0.374 e. The summed E-state index contributed by atoms with van der Waals surface area (Å²) in [6, 6.07) is 2.44. The normalized spacial score (nSPS) is 29.5. The lowest BCUT2D eigenvalue weighted by molar-refractivity contribution is -0.121. The van der Waals surface area contributed by atoms with Crippen molar-refractivity contribution >= 4 is 39.1 Å². The Bertz CT molecular complexity index is 517. The smallest absolute Gasteiger partial charge is 0.230 e. The molecule has 1 amide bonds. The van der Waals surface area contributed by atoms with E-state index in [-0.39, 0.29) is 35.0 Å². The summed E-state index contributed by atoms with van der Waals surface area (Å²) in [5.74, 6) is -0.760. The molecule has 0 radical (unpaired) electrons. The minimum absolute atomic E-state index is 0.0351. The van der Waals surface area contributed by atoms with E-state index >= 15 is 0 Å². The molecular weight excluding hydrogens is 349 g/mol. The highest BCUT2D eigenvalue weighted by Crippen LogP contribution is 2.36. The van der Waals surface area contributed by atoms with Crippen LogP contribution in [0.2, 0.25) is 5.02 Å². The first-order valence-corrected chi connectivity index (χ1v) is 7.59. The molecule has 20 heavy (non-hydrogen) atoms. The zero-order valence-electron chi connectivity index (χ0n) is 11.4. The van der Waals surface area contributed by atoms with E-state index in [0.29, 0.717) is 10.2 Å². The van der Waals surface area contributed by atoms with E-state index in [4.69, 9.17) is 16.3 Å². The third-order valence-corrected chi connectivity index (χ3v) is 4.72. The fraction of sp³-hybridized carbons (Fsp3) is 0.500. The van der Waals surface area contributed by atoms with Gasteiger partial charge in [-0.1, -0.05) is 18.5 Å². The summed E-state index contributed by atoms with van der Waals surface area (Å²) in [6.07, 6.45) is -0.120. The molecule has 1 aliphatic heterocycles. The van der Waals surface area contributed by atoms with Gasteiger partial charge in [0.05, 0.1) is 28.8 Å². The number of carbonyl (C=O) groups excluding carboxylic acids is 1. The Hall–Kier alpha value is -0.650. The number of carbonyl (C=O) groups is 1. The Balaban J connectivity index is 2.21. The molecule has 1 heterocycles. The van der Waals surface area contributed by atoms with Crippen molar-refractivity contribution in [1.82, 2.24) is 0 Å². The van der Waals surface area contributed by atoms with Gasteiger partial charge in [-0.2, -0.15) is 0 Å². The number of ether oxygens (including phenoxy) is 1. The summed E-state index contributed by atoms with van der Waals surface area (Å²) >= 11 is 9.18. The van der Waals surface area contributed by atoms with Crippen LogP contribution in [0.1, 0.15) is 20.8 Å². The molecule has 1 saturated heterocycles. The van der Waals surface area contributed by atoms with Gasteiger partial charge in [-0.3, -0.25) is 4.79 Å². The summed E-state index contributed by atoms with van der Waals surface area (Å²) in [5.41, 5.74) is 0.386. The second-order valence-electron chi connectivity index (χ2n) is 5.16. The highest BCUT2D eigenvalue weighted by atomic mass is 79.9. The molecule has 110 valence electrons. The molecule has 2 rings (SSSR count). The SMILES string of the molecule is CC1OC(C)C(C(=O)Nc2c(Cl)cc(F)cc2Br)C1C. The quantitative estimate of drug-likeness (QED) is 0.852. The lowest BCUT2D eigenvalue weighted by Crippen LogP contribution is -2.32. The molecule has 0 saturated carbocycles. The number of rotatable bonds is 2. The molecule has 0 aliphatic carbocycles. The molecule has 4 atom stereocenters. The Kier molecular flexibility index (Phi) is 4.72. The van der Waals surface area contributed by atoms with Gasteiger partial charge in [0, 0.05) is 4.47 Å². The van der Waals surface area contributed by atoms with Crippen LogP contribution in [0, 0.1) is 17.7 Å². The number of benzene rings is 1. The summed E-state index contributed by atoms with van der Waals surface area (Å²) in [5, 5.41) is 2.93. The van der Waals surface area contributed by atoms with Crippen molar-refractivity contribution in [3.63, 3.8) is 0 Å². The second kappa shape index (κ2) is 6.00. The molecular formula is C14H16BrClFNO2. The molecule has 0 bridgehead atoms. The van der Waals surface area contributed by atoms with E-state index < -0.39 is 5.82 Å². The van der Waals surface area contributed by atoms with E-state index in [1.54, 1.807) is 0 Å². The third-order valence-electron chi connectivity index (χ3n) is 3.80. The Morgan fingerprint density at radius 1 is 1.35 bits per heavy atom. The van der Waals surface area contributed by atoms with Gasteiger partial charge in [-0.05, 0) is 47.8 Å². The highest BCUT2D eigenvalue weighted by Gasteiger charge is 2.41. The number of hydrogen-bond acceptors (Lipinski definition) is 2. The predicted octanol–water partition coefficient (Wildman–Crippen LogP) is 4.24. The number of nitrogens with one attached hydrogen (secondary N) is 1. The summed E-state index contributed by atoms with van der Waals surface area (Å²) in [6.45, 7) is 5.82. The van der Waals surface area contributed by atoms with Crippen LogP contribution in [-0.4, -0.2) is 18.1 Å². The van der Waals surface area contributed by atoms with Crippen LogP contribution in [0.25, 0.3) is 0 Å². The van der Waals surface area contributed by atoms with Gasteiger partial charge in [0.1, 0.15) is 5.82 Å². The van der Waals surface area contributed by atoms with Crippen molar-refractivity contribution < 1.29 is 13.9 Å². The maximum absolute atomic E-state index is 13.2. The largest absolute Gasteiger partial charge is 0.374 e. The molecule has 1 aliphatic rings. The molecule has 4 unspecified atom stereocenters. The molecule has 0 aromatic heterocycles. The first-order valence-electron chi connectivity index (χ1n) is 6.42. The van der Waals surface area contributed by atoms with Crippen molar-refractivity contribution in [2.75, 3.05) is 5.32 Å². The van der Waals surface area contributed by atoms with Crippen LogP contribution in [0.15, 0.2) is 16.6 Å². The standard InChI is InChI=1S/C14H16BrClFNO2/c1-6-7(2)20-8(3)12(6)14(19)18-13-10(15)4-9(17)5-11(13)16/h4-8,12H,1-3H3,(H,18,19). The Morgan fingerprint density at radius 2 is 2.00 bits per heavy atom. The van der Waals surface area contributed by atoms with Gasteiger partial charge in [0.25, 0.3) is 0 Å². The minimum atomic E-state index is -0.459. The van der Waals surface area contributed by atoms with Gasteiger partial charge in [-0.15, -0.1) is 0 Å². The first-order chi connectivity index (χ1) is 9.31. The maximum Gasteiger partial charge on any atom is 0.230 e. The number of halogens is 3. The van der Waals surface area contributed by atoms with Crippen LogP contribution in [0.4, 0.5) is 10.1 Å². The van der Waals surface area contributed by atoms with Crippen LogP contribution >= 0.6 is 27.5 Å². The van der Waals surface area contributed by atoms with Crippen LogP contribution in [0.3, 0.4) is 0 Å². The van der Waals surface area contributed by atoms with E-state index in [2.05, 4.69) is 21.2 Å². The topological polar surface area (TPSA) is 38.3 Å². The molecule has 3 nitrogen and oxygen atoms in total. The van der Waals surface area contributed by atoms with Crippen molar-refractivity contribution in [3.05, 3.63) is 27.4 Å². The van der Waals surface area contributed by atoms with Gasteiger partial charge in [0.15, 0.2) is 0 Å². The molecule has 6 heteroatoms. The number of anilines is 1. The lowest BCUT2D eigenvalue weighted by atomic mass is 9.89. The molecule has 0 spiro atoms. The average Bonchev–Trinajstić information content (AvgIpc) is 2.58. The van der Waals surface area contributed by atoms with Crippen molar-refractivity contribution in [3.8, 4) is 0 Å². The maximum atomic E-state index is 13.2. The summed E-state index contributed by atoms with van der Waals surface area (Å²) in [4.78, 5) is 12.4. The first kappa shape index (κ1) is 15.7. The van der Waals surface area contributed by atoms with Crippen molar-refractivity contribution in [1.29, 1.82) is 0 Å². The van der Waals surface area contributed by atoms with Crippen molar-refractivity contribution in [2.24, 2.45) is 11.8 Å². The van der Waals surface area contributed by atoms with Crippen molar-refractivity contribution in [2.45, 2.75) is 33.0 Å². The summed E-state index contributed by atoms with van der Waals surface area (Å²) in [7, 11) is 0. The van der Waals surface area contributed by atoms with Gasteiger partial charge in [0.2, 0.25) is 5.91 Å². The highest BCUT2D eigenvalue weighted by molar-refractivity contribution is 9.10. The van der Waals surface area contributed by atoms with Crippen LogP contribution in [0.5, 0.6) is 0 Å².